The molecule has 0 aromatic rings. The lowest BCUT2D eigenvalue weighted by molar-refractivity contribution is 0.0236. The van der Waals surface area contributed by atoms with E-state index in [1.165, 1.54) is 6.42 Å². The number of halogens is 1. The summed E-state index contributed by atoms with van der Waals surface area (Å²) in [4.78, 5) is 0. The monoisotopic (exact) mass is 404 g/mol. The zero-order valence-corrected chi connectivity index (χ0v) is 18.1. The van der Waals surface area contributed by atoms with Crippen molar-refractivity contribution >= 4 is 22.6 Å². The quantitative estimate of drug-likeness (QED) is 0.401. The van der Waals surface area contributed by atoms with Crippen molar-refractivity contribution < 1.29 is 0 Å². The van der Waals surface area contributed by atoms with Gasteiger partial charge in [0.2, 0.25) is 0 Å². The van der Waals surface area contributed by atoms with Crippen LogP contribution in [0.2, 0.25) is 0 Å². The summed E-state index contributed by atoms with van der Waals surface area (Å²) in [6.07, 6.45) is 1.36. The summed E-state index contributed by atoms with van der Waals surface area (Å²) in [5, 5.41) is 0. The Balaban J connectivity index is 3.41. The molecule has 1 saturated carbocycles. The van der Waals surface area contributed by atoms with Crippen LogP contribution in [0.3, 0.4) is 0 Å². The summed E-state index contributed by atoms with van der Waals surface area (Å²) >= 11 is 2.44. The highest BCUT2D eigenvalue weighted by molar-refractivity contribution is 14.1. The number of allylic oxidation sites excluding steroid dienone is 1. The standard InChI is InChI=1S/C20H37I/c1-13(12-21)14-11-15(18(2,3)4)17(20(8,9)10)16(14)19(5,6)7/h12,14-17H,11H2,1-10H3/b13-12+. The van der Waals surface area contributed by atoms with Crippen molar-refractivity contribution in [2.75, 3.05) is 0 Å². The predicted molar refractivity (Wildman–Crippen MR) is 105 cm³/mol. The Hall–Kier alpha value is 0.470. The third kappa shape index (κ3) is 4.26. The third-order valence-corrected chi connectivity index (χ3v) is 6.61. The molecule has 4 atom stereocenters. The van der Waals surface area contributed by atoms with Crippen LogP contribution in [0.4, 0.5) is 0 Å². The minimum absolute atomic E-state index is 0.365. The first kappa shape index (κ1) is 19.5. The Morgan fingerprint density at radius 1 is 0.810 bits per heavy atom. The van der Waals surface area contributed by atoms with E-state index in [2.05, 4.69) is 95.9 Å². The second kappa shape index (κ2) is 6.17. The second-order valence-electron chi connectivity index (χ2n) is 10.5. The molecule has 0 aliphatic heterocycles. The fourth-order valence-electron chi connectivity index (χ4n) is 4.79. The zero-order chi connectivity index (χ0) is 16.8. The summed E-state index contributed by atoms with van der Waals surface area (Å²) in [5.41, 5.74) is 2.72. The molecule has 1 fully saturated rings. The van der Waals surface area contributed by atoms with Gasteiger partial charge in [-0.25, -0.2) is 0 Å². The molecule has 0 bridgehead atoms. The molecule has 0 saturated heterocycles. The molecule has 4 unspecified atom stereocenters. The van der Waals surface area contributed by atoms with Gasteiger partial charge in [0.25, 0.3) is 0 Å². The molecule has 124 valence electrons. The molecule has 0 spiro atoms. The molecule has 0 aromatic carbocycles. The van der Waals surface area contributed by atoms with Gasteiger partial charge in [0.1, 0.15) is 0 Å². The fraction of sp³-hybridized carbons (Fsp3) is 0.900. The van der Waals surface area contributed by atoms with Crippen molar-refractivity contribution in [2.45, 2.75) is 75.7 Å². The second-order valence-corrected chi connectivity index (χ2v) is 11.1. The average Bonchev–Trinajstić information content (AvgIpc) is 2.66. The van der Waals surface area contributed by atoms with Crippen molar-refractivity contribution in [3.8, 4) is 0 Å². The summed E-state index contributed by atoms with van der Waals surface area (Å²) in [7, 11) is 0. The van der Waals surface area contributed by atoms with Crippen LogP contribution in [0, 0.1) is 39.9 Å². The highest BCUT2D eigenvalue weighted by atomic mass is 127. The molecule has 1 aliphatic rings. The Bertz CT molecular complexity index is 384. The fourth-order valence-corrected chi connectivity index (χ4v) is 5.26. The topological polar surface area (TPSA) is 0 Å². The van der Waals surface area contributed by atoms with Crippen LogP contribution in [0.1, 0.15) is 75.7 Å². The normalized spacial score (nSPS) is 32.6. The molecule has 1 rings (SSSR count). The Kier molecular flexibility index (Phi) is 5.73. The molecule has 0 N–H and O–H groups in total. The van der Waals surface area contributed by atoms with Gasteiger partial charge >= 0.3 is 0 Å². The van der Waals surface area contributed by atoms with Gasteiger partial charge < -0.3 is 0 Å². The highest BCUT2D eigenvalue weighted by Crippen LogP contribution is 2.61. The van der Waals surface area contributed by atoms with E-state index in [-0.39, 0.29) is 0 Å². The van der Waals surface area contributed by atoms with Gasteiger partial charge in [-0.2, -0.15) is 0 Å². The van der Waals surface area contributed by atoms with E-state index in [0.29, 0.717) is 16.2 Å². The van der Waals surface area contributed by atoms with Crippen molar-refractivity contribution in [2.24, 2.45) is 39.9 Å². The lowest BCUT2D eigenvalue weighted by atomic mass is 9.58. The Labute approximate surface area is 147 Å². The zero-order valence-electron chi connectivity index (χ0n) is 16.0. The molecule has 0 radical (unpaired) electrons. The van der Waals surface area contributed by atoms with Crippen LogP contribution in [-0.2, 0) is 0 Å². The number of hydrogen-bond donors (Lipinski definition) is 0. The minimum atomic E-state index is 0.365. The number of hydrogen-bond acceptors (Lipinski definition) is 0. The van der Waals surface area contributed by atoms with Crippen LogP contribution in [0.25, 0.3) is 0 Å². The molecule has 21 heavy (non-hydrogen) atoms. The molecule has 0 amide bonds. The van der Waals surface area contributed by atoms with Crippen molar-refractivity contribution in [3.63, 3.8) is 0 Å². The lowest BCUT2D eigenvalue weighted by Gasteiger charge is -2.46. The summed E-state index contributed by atoms with van der Waals surface area (Å²) in [6.45, 7) is 24.4. The largest absolute Gasteiger partial charge is 0.0638 e. The maximum Gasteiger partial charge on any atom is -0.0159 e. The van der Waals surface area contributed by atoms with Gasteiger partial charge in [-0.15, -0.1) is 0 Å². The van der Waals surface area contributed by atoms with Crippen LogP contribution in [0.15, 0.2) is 9.66 Å². The first-order chi connectivity index (χ1) is 9.21. The van der Waals surface area contributed by atoms with E-state index in [9.17, 15) is 0 Å². The number of rotatable bonds is 1. The van der Waals surface area contributed by atoms with E-state index in [4.69, 9.17) is 0 Å². The molecular formula is C20H37I. The van der Waals surface area contributed by atoms with Crippen molar-refractivity contribution in [1.29, 1.82) is 0 Å². The molecule has 1 heteroatoms. The van der Waals surface area contributed by atoms with E-state index >= 15 is 0 Å². The highest BCUT2D eigenvalue weighted by Gasteiger charge is 2.55. The lowest BCUT2D eigenvalue weighted by Crippen LogP contribution is -2.40. The molecule has 0 heterocycles. The Morgan fingerprint density at radius 2 is 1.24 bits per heavy atom. The first-order valence-corrected chi connectivity index (χ1v) is 9.72. The SMILES string of the molecule is C/C(=C\I)C1CC(C(C)(C)C)C(C(C)(C)C)C1C(C)(C)C. The van der Waals surface area contributed by atoms with E-state index in [0.717, 1.165) is 23.7 Å². The van der Waals surface area contributed by atoms with Crippen molar-refractivity contribution in [1.82, 2.24) is 0 Å². The van der Waals surface area contributed by atoms with Crippen LogP contribution in [-0.4, -0.2) is 0 Å². The van der Waals surface area contributed by atoms with Gasteiger partial charge in [0.15, 0.2) is 0 Å². The predicted octanol–water partition coefficient (Wildman–Crippen LogP) is 7.33. The molecule has 1 aliphatic carbocycles. The van der Waals surface area contributed by atoms with E-state index in [1.54, 1.807) is 5.57 Å². The van der Waals surface area contributed by atoms with Crippen LogP contribution < -0.4 is 0 Å². The third-order valence-electron chi connectivity index (χ3n) is 5.63. The first-order valence-electron chi connectivity index (χ1n) is 8.48. The van der Waals surface area contributed by atoms with Crippen LogP contribution in [0.5, 0.6) is 0 Å². The van der Waals surface area contributed by atoms with Gasteiger partial charge in [-0.05, 0) is 57.3 Å². The molecule has 0 nitrogen and oxygen atoms in total. The van der Waals surface area contributed by atoms with Crippen LogP contribution >= 0.6 is 22.6 Å². The van der Waals surface area contributed by atoms with Crippen molar-refractivity contribution in [3.05, 3.63) is 9.66 Å². The summed E-state index contributed by atoms with van der Waals surface area (Å²) in [5.74, 6) is 3.11. The van der Waals surface area contributed by atoms with Gasteiger partial charge in [0.05, 0.1) is 0 Å². The Morgan fingerprint density at radius 3 is 1.52 bits per heavy atom. The minimum Gasteiger partial charge on any atom is -0.0638 e. The molecule has 0 aromatic heterocycles. The van der Waals surface area contributed by atoms with Gasteiger partial charge in [-0.3, -0.25) is 0 Å². The maximum atomic E-state index is 2.46. The van der Waals surface area contributed by atoms with Gasteiger partial charge in [0, 0.05) is 0 Å². The average molecular weight is 404 g/mol. The summed E-state index contributed by atoms with van der Waals surface area (Å²) in [6, 6.07) is 0. The molecular weight excluding hydrogens is 367 g/mol. The van der Waals surface area contributed by atoms with E-state index < -0.39 is 0 Å². The van der Waals surface area contributed by atoms with E-state index in [1.807, 2.05) is 0 Å². The maximum absolute atomic E-state index is 2.46. The van der Waals surface area contributed by atoms with Gasteiger partial charge in [-0.1, -0.05) is 90.5 Å². The smallest absolute Gasteiger partial charge is 0.0159 e. The summed E-state index contributed by atoms with van der Waals surface area (Å²) < 4.78 is 2.33.